The number of phenols is 3. The number of nitrogens with one attached hydrogen (secondary N) is 2. The van der Waals surface area contributed by atoms with Gasteiger partial charge in [0.1, 0.15) is 11.5 Å². The summed E-state index contributed by atoms with van der Waals surface area (Å²) in [4.78, 5) is 8.27. The van der Waals surface area contributed by atoms with E-state index in [-0.39, 0.29) is 26.2 Å². The van der Waals surface area contributed by atoms with Crippen molar-refractivity contribution >= 4 is 61.8 Å². The van der Waals surface area contributed by atoms with E-state index in [9.17, 15) is 24.1 Å². The third kappa shape index (κ3) is 12.3. The van der Waals surface area contributed by atoms with Gasteiger partial charge in [-0.25, -0.2) is 8.78 Å². The molecule has 0 bridgehead atoms. The van der Waals surface area contributed by atoms with Crippen LogP contribution < -0.4 is 15.4 Å². The van der Waals surface area contributed by atoms with Gasteiger partial charge in [0.05, 0.1) is 18.5 Å². The van der Waals surface area contributed by atoms with E-state index in [2.05, 4.69) is 67.9 Å². The van der Waals surface area contributed by atoms with Crippen LogP contribution in [0.1, 0.15) is 11.1 Å². The molecule has 0 fully saturated rings. The molecule has 6 aromatic rings. The van der Waals surface area contributed by atoms with Gasteiger partial charge >= 0.3 is 3.18 Å². The first-order valence-corrected chi connectivity index (χ1v) is 18.0. The summed E-state index contributed by atoms with van der Waals surface area (Å²) in [6.45, 7) is 1.03. The van der Waals surface area contributed by atoms with Crippen LogP contribution in [-0.4, -0.2) is 35.6 Å². The van der Waals surface area contributed by atoms with Crippen LogP contribution in [0.15, 0.2) is 122 Å². The van der Waals surface area contributed by atoms with Gasteiger partial charge in [-0.05, 0) is 59.7 Å². The van der Waals surface area contributed by atoms with Crippen molar-refractivity contribution in [3.05, 3.63) is 145 Å². The predicted octanol–water partition coefficient (Wildman–Crippen LogP) is 10.3. The van der Waals surface area contributed by atoms with E-state index in [1.54, 1.807) is 91.4 Å². The van der Waals surface area contributed by atoms with Gasteiger partial charge in [-0.3, -0.25) is 9.97 Å². The molecule has 0 aliphatic carbocycles. The summed E-state index contributed by atoms with van der Waals surface area (Å²) in [6, 6.07) is 27.0. The lowest BCUT2D eigenvalue weighted by Gasteiger charge is -2.10. The van der Waals surface area contributed by atoms with Gasteiger partial charge in [-0.1, -0.05) is 48.5 Å². The number of benzene rings is 4. The van der Waals surface area contributed by atoms with Gasteiger partial charge in [-0.2, -0.15) is 0 Å². The lowest BCUT2D eigenvalue weighted by atomic mass is 10.1. The summed E-state index contributed by atoms with van der Waals surface area (Å²) < 4.78 is 33.7. The van der Waals surface area contributed by atoms with Crippen molar-refractivity contribution in [1.29, 1.82) is 0 Å². The summed E-state index contributed by atoms with van der Waals surface area (Å²) in [5.41, 5.74) is 5.28. The Morgan fingerprint density at radius 2 is 1.08 bits per heavy atom. The second-order valence-electron chi connectivity index (χ2n) is 10.7. The van der Waals surface area contributed by atoms with Gasteiger partial charge in [0, 0.05) is 60.1 Å². The molecule has 5 N–H and O–H groups in total. The zero-order chi connectivity index (χ0) is 36.8. The number of ether oxygens (including phenoxy) is 1. The normalized spacial score (nSPS) is 10.2. The smallest absolute Gasteiger partial charge is 0.369 e. The molecular weight excluding hydrogens is 853 g/mol. The molecule has 0 spiro atoms. The molecule has 6 rings (SSSR count). The van der Waals surface area contributed by atoms with Gasteiger partial charge in [-0.15, -0.1) is 47.3 Å². The van der Waals surface area contributed by atoms with E-state index in [0.717, 1.165) is 16.8 Å². The van der Waals surface area contributed by atoms with E-state index in [1.165, 1.54) is 19.4 Å². The molecule has 0 aliphatic heterocycles. The second-order valence-corrected chi connectivity index (χ2v) is 17.1. The summed E-state index contributed by atoms with van der Waals surface area (Å²) in [7, 11) is 1.44. The molecule has 2 aromatic heterocycles. The number of aromatic hydroxyl groups is 3. The average Bonchev–Trinajstić information content (AvgIpc) is 3.11. The molecule has 0 atom stereocenters. The highest BCUT2D eigenvalue weighted by Gasteiger charge is 2.12. The number of rotatable bonds is 9. The van der Waals surface area contributed by atoms with E-state index in [1.807, 2.05) is 18.2 Å². The molecule has 0 saturated carbocycles. The maximum absolute atomic E-state index is 14.4. The number of nitrogens with zero attached hydrogens (tertiary/aromatic N) is 2. The third-order valence-electron chi connectivity index (χ3n) is 7.07. The van der Waals surface area contributed by atoms with Crippen LogP contribution >= 0.6 is 47.3 Å². The van der Waals surface area contributed by atoms with E-state index in [0.29, 0.717) is 41.0 Å². The zero-order valence-corrected chi connectivity index (χ0v) is 31.8. The van der Waals surface area contributed by atoms with Gasteiger partial charge < -0.3 is 30.7 Å². The molecule has 4 aromatic carbocycles. The quantitative estimate of drug-likeness (QED) is 0.0911. The summed E-state index contributed by atoms with van der Waals surface area (Å²) in [5, 5.41) is 34.8. The van der Waals surface area contributed by atoms with Crippen LogP contribution in [0.3, 0.4) is 0 Å². The molecule has 2 heterocycles. The largest absolute Gasteiger partial charge is 0.508 e. The van der Waals surface area contributed by atoms with Crippen LogP contribution in [0, 0.1) is 11.6 Å². The lowest BCUT2D eigenvalue weighted by molar-refractivity contribution is 0.387. The molecule has 262 valence electrons. The Labute approximate surface area is 319 Å². The number of anilines is 2. The van der Waals surface area contributed by atoms with Crippen LogP contribution in [0.25, 0.3) is 22.3 Å². The van der Waals surface area contributed by atoms with Crippen LogP contribution in [-0.2, 0) is 13.1 Å². The maximum Gasteiger partial charge on any atom is 0.369 e. The van der Waals surface area contributed by atoms with Gasteiger partial charge in [0.2, 0.25) is 0 Å². The number of hydrogen-bond acceptors (Lipinski definition) is 8. The number of methoxy groups -OCH3 is 1. The molecule has 51 heavy (non-hydrogen) atoms. The molecule has 0 amide bonds. The number of phenolic OH excluding ortho intramolecular Hbond substituents is 3. The number of pyridine rings is 2. The van der Waals surface area contributed by atoms with Crippen LogP contribution in [0.5, 0.6) is 23.0 Å². The topological polar surface area (TPSA) is 120 Å². The first-order valence-electron chi connectivity index (χ1n) is 15.2. The first-order chi connectivity index (χ1) is 24.5. The minimum absolute atomic E-state index is 0.200. The Morgan fingerprint density at radius 1 is 0.627 bits per heavy atom. The average molecular weight is 885 g/mol. The van der Waals surface area contributed by atoms with Crippen molar-refractivity contribution in [1.82, 2.24) is 9.97 Å². The minimum atomic E-state index is -0.667. The van der Waals surface area contributed by atoms with E-state index < -0.39 is 11.6 Å². The molecule has 0 radical (unpaired) electrons. The fourth-order valence-electron chi connectivity index (χ4n) is 4.74. The van der Waals surface area contributed by atoms with E-state index >= 15 is 0 Å². The Bertz CT molecular complexity index is 2040. The van der Waals surface area contributed by atoms with Crippen molar-refractivity contribution < 1.29 is 28.8 Å². The first kappa shape index (κ1) is 39.1. The standard InChI is InChI=1S/C19H17FN2O2.C18H15FN2O2.BBr3/c1-24-18-7-3-6-17(19(18)20)14-9-15(12-21-11-14)22-10-13-4-2-5-16(23)8-13;19-18-16(5-2-6-17(18)23)13-8-14(11-20-10-13)21-9-12-3-1-4-15(22)7-12;2-1(3)4/h2-9,11-12,22-23H,10H2,1H3;1-8,10-11,21-23H,9H2;. The van der Waals surface area contributed by atoms with Crippen LogP contribution in [0.2, 0.25) is 0 Å². The highest BCUT2D eigenvalue weighted by molar-refractivity contribution is 9.69. The minimum Gasteiger partial charge on any atom is -0.508 e. The monoisotopic (exact) mass is 882 g/mol. The highest BCUT2D eigenvalue weighted by atomic mass is 79.9. The van der Waals surface area contributed by atoms with Crippen LogP contribution in [0.4, 0.5) is 20.2 Å². The Morgan fingerprint density at radius 3 is 1.55 bits per heavy atom. The lowest BCUT2D eigenvalue weighted by Crippen LogP contribution is -2.00. The predicted molar refractivity (Wildman–Crippen MR) is 211 cm³/mol. The maximum atomic E-state index is 14.4. The van der Waals surface area contributed by atoms with Gasteiger partial charge in [0.25, 0.3) is 0 Å². The molecule has 0 unspecified atom stereocenters. The van der Waals surface area contributed by atoms with Crippen molar-refractivity contribution in [3.8, 4) is 45.3 Å². The Balaban J connectivity index is 0.000000207. The molecule has 0 aliphatic rings. The zero-order valence-electron chi connectivity index (χ0n) is 27.1. The Hall–Kier alpha value is -4.66. The molecular formula is C37H32BBr3F2N4O4. The van der Waals surface area contributed by atoms with E-state index in [4.69, 9.17) is 4.74 Å². The summed E-state index contributed by atoms with van der Waals surface area (Å²) in [6.07, 6.45) is 6.45. The number of aromatic nitrogens is 2. The number of halogens is 5. The highest BCUT2D eigenvalue weighted by Crippen LogP contribution is 2.31. The Kier molecular flexibility index (Phi) is 15.1. The fraction of sp³-hybridized carbons (Fsp3) is 0.0811. The van der Waals surface area contributed by atoms with Crippen molar-refractivity contribution in [3.63, 3.8) is 0 Å². The molecule has 0 saturated heterocycles. The molecule has 8 nitrogen and oxygen atoms in total. The van der Waals surface area contributed by atoms with Crippen molar-refractivity contribution in [2.45, 2.75) is 13.1 Å². The summed E-state index contributed by atoms with van der Waals surface area (Å²) in [5.74, 6) is -0.838. The SMILES string of the molecule is BrB(Br)Br.COc1cccc(-c2cncc(NCc3cccc(O)c3)c2)c1F.Oc1cccc(CNc2cncc(-c3cccc(O)c3F)c2)c1. The molecule has 14 heteroatoms. The fourth-order valence-corrected chi connectivity index (χ4v) is 4.74. The number of hydrogen-bond donors (Lipinski definition) is 5. The second kappa shape index (κ2) is 19.7. The summed E-state index contributed by atoms with van der Waals surface area (Å²) >= 11 is 9.31. The third-order valence-corrected chi connectivity index (χ3v) is 7.07. The van der Waals surface area contributed by atoms with Crippen molar-refractivity contribution in [2.75, 3.05) is 17.7 Å². The van der Waals surface area contributed by atoms with Crippen molar-refractivity contribution in [2.24, 2.45) is 0 Å². The van der Waals surface area contributed by atoms with Gasteiger partial charge in [0.15, 0.2) is 23.1 Å².